The van der Waals surface area contributed by atoms with Gasteiger partial charge < -0.3 is 9.80 Å². The Balaban J connectivity index is 2.18. The van der Waals surface area contributed by atoms with Gasteiger partial charge in [0.15, 0.2) is 0 Å². The summed E-state index contributed by atoms with van der Waals surface area (Å²) in [6.45, 7) is 12.0. The average molecular weight is 212 g/mol. The van der Waals surface area contributed by atoms with Crippen molar-refractivity contribution in [2.24, 2.45) is 5.92 Å². The molecule has 1 heterocycles. The molecule has 1 fully saturated rings. The molecule has 0 atom stereocenters. The molecule has 0 aromatic rings. The Labute approximate surface area is 95.6 Å². The first kappa shape index (κ1) is 13.0. The third-order valence-corrected chi connectivity index (χ3v) is 3.70. The van der Waals surface area contributed by atoms with Gasteiger partial charge in [0.1, 0.15) is 0 Å². The third kappa shape index (κ3) is 4.52. The lowest BCUT2D eigenvalue weighted by molar-refractivity contribution is 0.128. The summed E-state index contributed by atoms with van der Waals surface area (Å²) >= 11 is 0. The predicted molar refractivity (Wildman–Crippen MR) is 67.2 cm³/mol. The molecule has 0 spiro atoms. The van der Waals surface area contributed by atoms with Crippen LogP contribution in [0.3, 0.4) is 0 Å². The van der Waals surface area contributed by atoms with E-state index in [2.05, 4.69) is 37.6 Å². The highest BCUT2D eigenvalue weighted by atomic mass is 15.2. The highest BCUT2D eigenvalue weighted by Gasteiger charge is 2.21. The van der Waals surface area contributed by atoms with E-state index in [-0.39, 0.29) is 0 Å². The monoisotopic (exact) mass is 212 g/mol. The first-order chi connectivity index (χ1) is 7.13. The average Bonchev–Trinajstić information content (AvgIpc) is 2.26. The standard InChI is InChI=1S/C13H28N2/c1-5-14(4)13-7-10-15(11-8-13)9-6-12(2)3/h12-13H,5-11H2,1-4H3. The molecule has 0 aliphatic carbocycles. The van der Waals surface area contributed by atoms with Gasteiger partial charge in [-0.2, -0.15) is 0 Å². The first-order valence-electron chi connectivity index (χ1n) is 6.56. The highest BCUT2D eigenvalue weighted by molar-refractivity contribution is 4.77. The molecule has 2 nitrogen and oxygen atoms in total. The summed E-state index contributed by atoms with van der Waals surface area (Å²) in [6.07, 6.45) is 4.08. The van der Waals surface area contributed by atoms with Crippen molar-refractivity contribution in [3.8, 4) is 0 Å². The van der Waals surface area contributed by atoms with Crippen LogP contribution in [-0.4, -0.2) is 49.1 Å². The Morgan fingerprint density at radius 1 is 1.27 bits per heavy atom. The molecule has 1 aliphatic heterocycles. The maximum Gasteiger partial charge on any atom is 0.0116 e. The van der Waals surface area contributed by atoms with Crippen LogP contribution >= 0.6 is 0 Å². The van der Waals surface area contributed by atoms with Crippen LogP contribution in [0.25, 0.3) is 0 Å². The molecule has 0 N–H and O–H groups in total. The molecule has 1 aliphatic rings. The number of hydrogen-bond acceptors (Lipinski definition) is 2. The fourth-order valence-corrected chi connectivity index (χ4v) is 2.28. The van der Waals surface area contributed by atoms with Gasteiger partial charge in [-0.1, -0.05) is 20.8 Å². The summed E-state index contributed by atoms with van der Waals surface area (Å²) in [5.41, 5.74) is 0. The second-order valence-electron chi connectivity index (χ2n) is 5.33. The van der Waals surface area contributed by atoms with E-state index in [1.54, 1.807) is 0 Å². The number of likely N-dealkylation sites (tertiary alicyclic amines) is 1. The normalized spacial score (nSPS) is 20.4. The minimum absolute atomic E-state index is 0.838. The van der Waals surface area contributed by atoms with Crippen molar-refractivity contribution < 1.29 is 0 Å². The molecule has 0 unspecified atom stereocenters. The Kier molecular flexibility index (Phi) is 5.62. The largest absolute Gasteiger partial charge is 0.304 e. The van der Waals surface area contributed by atoms with Crippen LogP contribution in [0.2, 0.25) is 0 Å². The summed E-state index contributed by atoms with van der Waals surface area (Å²) in [7, 11) is 2.26. The molecule has 1 saturated heterocycles. The Morgan fingerprint density at radius 2 is 1.87 bits per heavy atom. The maximum atomic E-state index is 2.64. The van der Waals surface area contributed by atoms with Crippen molar-refractivity contribution in [1.29, 1.82) is 0 Å². The Hall–Kier alpha value is -0.0800. The van der Waals surface area contributed by atoms with Crippen LogP contribution in [-0.2, 0) is 0 Å². The van der Waals surface area contributed by atoms with Crippen molar-refractivity contribution in [2.75, 3.05) is 33.2 Å². The molecule has 90 valence electrons. The summed E-state index contributed by atoms with van der Waals surface area (Å²) in [6, 6.07) is 0.838. The smallest absolute Gasteiger partial charge is 0.0116 e. The van der Waals surface area contributed by atoms with E-state index < -0.39 is 0 Å². The number of rotatable bonds is 5. The molecule has 0 aromatic carbocycles. The van der Waals surface area contributed by atoms with Gasteiger partial charge in [0.25, 0.3) is 0 Å². The molecule has 0 saturated carbocycles. The first-order valence-corrected chi connectivity index (χ1v) is 6.56. The lowest BCUT2D eigenvalue weighted by Gasteiger charge is -2.36. The molecule has 2 heteroatoms. The summed E-state index contributed by atoms with van der Waals surface area (Å²) in [5.74, 6) is 0.848. The van der Waals surface area contributed by atoms with E-state index in [4.69, 9.17) is 0 Å². The van der Waals surface area contributed by atoms with Gasteiger partial charge in [-0.25, -0.2) is 0 Å². The SMILES string of the molecule is CCN(C)C1CCN(CCC(C)C)CC1. The zero-order chi connectivity index (χ0) is 11.3. The minimum atomic E-state index is 0.838. The molecule has 15 heavy (non-hydrogen) atoms. The van der Waals surface area contributed by atoms with Crippen LogP contribution in [0, 0.1) is 5.92 Å². The van der Waals surface area contributed by atoms with Crippen LogP contribution in [0.1, 0.15) is 40.0 Å². The molecular weight excluding hydrogens is 184 g/mol. The van der Waals surface area contributed by atoms with Crippen LogP contribution < -0.4 is 0 Å². The molecule has 1 rings (SSSR count). The fourth-order valence-electron chi connectivity index (χ4n) is 2.28. The number of piperidine rings is 1. The van der Waals surface area contributed by atoms with E-state index in [0.717, 1.165) is 12.0 Å². The topological polar surface area (TPSA) is 6.48 Å². The van der Waals surface area contributed by atoms with E-state index in [0.29, 0.717) is 0 Å². The lowest BCUT2D eigenvalue weighted by Crippen LogP contribution is -2.43. The lowest BCUT2D eigenvalue weighted by atomic mass is 10.0. The second-order valence-corrected chi connectivity index (χ2v) is 5.33. The maximum absolute atomic E-state index is 2.64. The number of hydrogen-bond donors (Lipinski definition) is 0. The van der Waals surface area contributed by atoms with E-state index in [1.165, 1.54) is 45.4 Å². The number of nitrogens with zero attached hydrogens (tertiary/aromatic N) is 2. The summed E-state index contributed by atoms with van der Waals surface area (Å²) in [4.78, 5) is 5.14. The van der Waals surface area contributed by atoms with Gasteiger partial charge in [-0.15, -0.1) is 0 Å². The zero-order valence-corrected chi connectivity index (χ0v) is 11.0. The predicted octanol–water partition coefficient (Wildman–Crippen LogP) is 2.45. The summed E-state index contributed by atoms with van der Waals surface area (Å²) < 4.78 is 0. The highest BCUT2D eigenvalue weighted by Crippen LogP contribution is 2.16. The van der Waals surface area contributed by atoms with Gasteiger partial charge in [0.05, 0.1) is 0 Å². The molecule has 0 aromatic heterocycles. The van der Waals surface area contributed by atoms with Gasteiger partial charge in [-0.3, -0.25) is 0 Å². The molecule has 0 radical (unpaired) electrons. The van der Waals surface area contributed by atoms with Crippen LogP contribution in [0.4, 0.5) is 0 Å². The van der Waals surface area contributed by atoms with Crippen LogP contribution in [0.15, 0.2) is 0 Å². The van der Waals surface area contributed by atoms with E-state index >= 15 is 0 Å². The van der Waals surface area contributed by atoms with Crippen LogP contribution in [0.5, 0.6) is 0 Å². The minimum Gasteiger partial charge on any atom is -0.304 e. The zero-order valence-electron chi connectivity index (χ0n) is 11.0. The van der Waals surface area contributed by atoms with Gasteiger partial charge >= 0.3 is 0 Å². The van der Waals surface area contributed by atoms with Gasteiger partial charge in [-0.05, 0) is 58.4 Å². The van der Waals surface area contributed by atoms with Crippen molar-refractivity contribution in [2.45, 2.75) is 46.1 Å². The Bertz CT molecular complexity index is 160. The van der Waals surface area contributed by atoms with E-state index in [1.807, 2.05) is 0 Å². The quantitative estimate of drug-likeness (QED) is 0.691. The van der Waals surface area contributed by atoms with Crippen molar-refractivity contribution >= 4 is 0 Å². The molecule has 0 amide bonds. The third-order valence-electron chi connectivity index (χ3n) is 3.70. The molecule has 0 bridgehead atoms. The molecular formula is C13H28N2. The summed E-state index contributed by atoms with van der Waals surface area (Å²) in [5, 5.41) is 0. The Morgan fingerprint density at radius 3 is 2.33 bits per heavy atom. The van der Waals surface area contributed by atoms with Gasteiger partial charge in [0.2, 0.25) is 0 Å². The van der Waals surface area contributed by atoms with Crippen molar-refractivity contribution in [3.05, 3.63) is 0 Å². The van der Waals surface area contributed by atoms with Crippen molar-refractivity contribution in [1.82, 2.24) is 9.80 Å². The van der Waals surface area contributed by atoms with Gasteiger partial charge in [0, 0.05) is 6.04 Å². The van der Waals surface area contributed by atoms with E-state index in [9.17, 15) is 0 Å². The van der Waals surface area contributed by atoms with Crippen molar-refractivity contribution in [3.63, 3.8) is 0 Å². The second kappa shape index (κ2) is 6.49. The fraction of sp³-hybridized carbons (Fsp3) is 1.00.